The average molecular weight is 293 g/mol. The minimum atomic E-state index is -0.592. The smallest absolute Gasteiger partial charge is 0.222 e. The van der Waals surface area contributed by atoms with E-state index < -0.39 is 6.10 Å². The van der Waals surface area contributed by atoms with E-state index in [1.54, 1.807) is 6.20 Å². The van der Waals surface area contributed by atoms with Crippen LogP contribution in [0.15, 0.2) is 12.4 Å². The number of amides is 1. The molecule has 1 saturated heterocycles. The molecule has 0 aliphatic carbocycles. The molecule has 0 radical (unpaired) electrons. The van der Waals surface area contributed by atoms with E-state index in [2.05, 4.69) is 18.8 Å². The van der Waals surface area contributed by atoms with Gasteiger partial charge in [0.05, 0.1) is 0 Å². The van der Waals surface area contributed by atoms with Crippen LogP contribution in [-0.2, 0) is 11.8 Å². The molecule has 2 unspecified atom stereocenters. The highest BCUT2D eigenvalue weighted by Crippen LogP contribution is 2.29. The maximum absolute atomic E-state index is 12.2. The summed E-state index contributed by atoms with van der Waals surface area (Å²) >= 11 is 0. The quantitative estimate of drug-likeness (QED) is 0.904. The molecule has 1 amide bonds. The van der Waals surface area contributed by atoms with E-state index >= 15 is 0 Å². The zero-order valence-electron chi connectivity index (χ0n) is 13.3. The van der Waals surface area contributed by atoms with Crippen LogP contribution in [0.25, 0.3) is 0 Å². The first kappa shape index (κ1) is 16.0. The minimum absolute atomic E-state index is 0.0860. The zero-order valence-corrected chi connectivity index (χ0v) is 13.3. The van der Waals surface area contributed by atoms with E-state index in [1.807, 2.05) is 22.7 Å². The van der Waals surface area contributed by atoms with Crippen LogP contribution in [0.4, 0.5) is 0 Å². The van der Waals surface area contributed by atoms with Crippen molar-refractivity contribution in [1.29, 1.82) is 0 Å². The molecule has 1 N–H and O–H groups in total. The summed E-state index contributed by atoms with van der Waals surface area (Å²) in [5.41, 5.74) is 0. The van der Waals surface area contributed by atoms with Crippen molar-refractivity contribution in [3.8, 4) is 0 Å². The number of aliphatic hydroxyl groups excluding tert-OH is 1. The fourth-order valence-electron chi connectivity index (χ4n) is 2.94. The van der Waals surface area contributed by atoms with Crippen LogP contribution in [0.1, 0.15) is 51.5 Å². The van der Waals surface area contributed by atoms with Crippen LogP contribution in [0.5, 0.6) is 0 Å². The van der Waals surface area contributed by atoms with Crippen LogP contribution < -0.4 is 0 Å². The summed E-state index contributed by atoms with van der Waals surface area (Å²) in [6.45, 7) is 5.74. The predicted molar refractivity (Wildman–Crippen MR) is 81.5 cm³/mol. The van der Waals surface area contributed by atoms with Gasteiger partial charge in [0.1, 0.15) is 11.9 Å². The van der Waals surface area contributed by atoms with Crippen LogP contribution in [0.3, 0.4) is 0 Å². The molecule has 1 fully saturated rings. The number of hydrogen-bond acceptors (Lipinski definition) is 3. The van der Waals surface area contributed by atoms with Gasteiger partial charge in [0.15, 0.2) is 0 Å². The number of likely N-dealkylation sites (tertiary alicyclic amines) is 1. The summed E-state index contributed by atoms with van der Waals surface area (Å²) in [6.07, 6.45) is 6.40. The number of hydrogen-bond donors (Lipinski definition) is 1. The molecular formula is C16H27N3O2. The number of carbonyl (C=O) groups excluding carboxylic acids is 1. The topological polar surface area (TPSA) is 58.4 Å². The average Bonchev–Trinajstić information content (AvgIpc) is 2.90. The van der Waals surface area contributed by atoms with Crippen LogP contribution in [0, 0.1) is 11.8 Å². The van der Waals surface area contributed by atoms with Gasteiger partial charge in [0.25, 0.3) is 0 Å². The first-order valence-corrected chi connectivity index (χ1v) is 7.92. The summed E-state index contributed by atoms with van der Waals surface area (Å²) in [4.78, 5) is 18.4. The molecule has 0 saturated carbocycles. The second-order valence-corrected chi connectivity index (χ2v) is 6.52. The van der Waals surface area contributed by atoms with E-state index in [0.717, 1.165) is 25.8 Å². The standard InChI is InChI=1S/C16H27N3O2/c1-12(2)6-7-14(20)19-9-4-5-13(11-19)15(21)16-17-8-10-18(16)3/h8,10,12-13,15,21H,4-7,9,11H2,1-3H3. The van der Waals surface area contributed by atoms with Gasteiger partial charge in [-0.1, -0.05) is 13.8 Å². The molecule has 1 aromatic rings. The Morgan fingerprint density at radius 2 is 2.29 bits per heavy atom. The molecule has 1 aliphatic rings. The number of aryl methyl sites for hydroxylation is 1. The molecule has 1 aromatic heterocycles. The van der Waals surface area contributed by atoms with Gasteiger partial charge in [-0.3, -0.25) is 4.79 Å². The van der Waals surface area contributed by atoms with Gasteiger partial charge in [0.2, 0.25) is 5.91 Å². The van der Waals surface area contributed by atoms with Crippen molar-refractivity contribution >= 4 is 5.91 Å². The normalized spacial score (nSPS) is 20.8. The molecular weight excluding hydrogens is 266 g/mol. The zero-order chi connectivity index (χ0) is 15.4. The maximum Gasteiger partial charge on any atom is 0.222 e. The Balaban J connectivity index is 1.94. The van der Waals surface area contributed by atoms with Gasteiger partial charge in [-0.15, -0.1) is 0 Å². The van der Waals surface area contributed by atoms with Crippen molar-refractivity contribution in [2.24, 2.45) is 18.9 Å². The number of imidazole rings is 1. The third kappa shape index (κ3) is 4.06. The predicted octanol–water partition coefficient (Wildman–Crippen LogP) is 2.13. The Labute approximate surface area is 127 Å². The Hall–Kier alpha value is -1.36. The highest BCUT2D eigenvalue weighted by atomic mass is 16.3. The lowest BCUT2D eigenvalue weighted by molar-refractivity contribution is -0.134. The second kappa shape index (κ2) is 7.07. The number of aliphatic hydroxyl groups is 1. The fraction of sp³-hybridized carbons (Fsp3) is 0.750. The van der Waals surface area contributed by atoms with Gasteiger partial charge in [-0.25, -0.2) is 4.98 Å². The summed E-state index contributed by atoms with van der Waals surface area (Å²) < 4.78 is 1.85. The monoisotopic (exact) mass is 293 g/mol. The first-order chi connectivity index (χ1) is 9.99. The van der Waals surface area contributed by atoms with Crippen molar-refractivity contribution in [2.45, 2.75) is 45.6 Å². The van der Waals surface area contributed by atoms with Crippen LogP contribution in [-0.4, -0.2) is 38.6 Å². The van der Waals surface area contributed by atoms with Crippen molar-refractivity contribution in [2.75, 3.05) is 13.1 Å². The van der Waals surface area contributed by atoms with Gasteiger partial charge in [-0.05, 0) is 25.2 Å². The molecule has 5 nitrogen and oxygen atoms in total. The van der Waals surface area contributed by atoms with E-state index in [-0.39, 0.29) is 11.8 Å². The lowest BCUT2D eigenvalue weighted by atomic mass is 9.91. The van der Waals surface area contributed by atoms with E-state index in [0.29, 0.717) is 24.7 Å². The molecule has 0 bridgehead atoms. The molecule has 118 valence electrons. The van der Waals surface area contributed by atoms with E-state index in [4.69, 9.17) is 0 Å². The van der Waals surface area contributed by atoms with Gasteiger partial charge < -0.3 is 14.6 Å². The first-order valence-electron chi connectivity index (χ1n) is 7.92. The summed E-state index contributed by atoms with van der Waals surface area (Å²) in [7, 11) is 1.89. The van der Waals surface area contributed by atoms with Crippen molar-refractivity contribution in [1.82, 2.24) is 14.5 Å². The molecule has 21 heavy (non-hydrogen) atoms. The highest BCUT2D eigenvalue weighted by molar-refractivity contribution is 5.76. The van der Waals surface area contributed by atoms with E-state index in [9.17, 15) is 9.90 Å². The van der Waals surface area contributed by atoms with Crippen LogP contribution in [0.2, 0.25) is 0 Å². The maximum atomic E-state index is 12.2. The van der Waals surface area contributed by atoms with Crippen molar-refractivity contribution < 1.29 is 9.90 Å². The molecule has 2 atom stereocenters. The van der Waals surface area contributed by atoms with Gasteiger partial charge in [-0.2, -0.15) is 0 Å². The number of rotatable bonds is 5. The number of carbonyl (C=O) groups is 1. The minimum Gasteiger partial charge on any atom is -0.385 e. The highest BCUT2D eigenvalue weighted by Gasteiger charge is 2.30. The molecule has 1 aliphatic heterocycles. The fourth-order valence-corrected chi connectivity index (χ4v) is 2.94. The summed E-state index contributed by atoms with van der Waals surface area (Å²) in [6, 6.07) is 0. The second-order valence-electron chi connectivity index (χ2n) is 6.52. The molecule has 0 aromatic carbocycles. The Morgan fingerprint density at radius 3 is 2.90 bits per heavy atom. The molecule has 2 rings (SSSR count). The Kier molecular flexibility index (Phi) is 5.39. The van der Waals surface area contributed by atoms with Crippen LogP contribution >= 0.6 is 0 Å². The third-order valence-corrected chi connectivity index (χ3v) is 4.32. The third-order valence-electron chi connectivity index (χ3n) is 4.32. The lowest BCUT2D eigenvalue weighted by Crippen LogP contribution is -2.42. The Morgan fingerprint density at radius 1 is 1.52 bits per heavy atom. The Bertz CT molecular complexity index is 470. The van der Waals surface area contributed by atoms with Crippen molar-refractivity contribution in [3.63, 3.8) is 0 Å². The summed E-state index contributed by atoms with van der Waals surface area (Å²) in [5, 5.41) is 10.5. The molecule has 0 spiro atoms. The largest absolute Gasteiger partial charge is 0.385 e. The lowest BCUT2D eigenvalue weighted by Gasteiger charge is -2.35. The van der Waals surface area contributed by atoms with E-state index in [1.165, 1.54) is 0 Å². The number of aromatic nitrogens is 2. The summed E-state index contributed by atoms with van der Waals surface area (Å²) in [5.74, 6) is 1.55. The SMILES string of the molecule is CC(C)CCC(=O)N1CCCC(C(O)c2nccn2C)C1. The molecule has 5 heteroatoms. The van der Waals surface area contributed by atoms with Crippen molar-refractivity contribution in [3.05, 3.63) is 18.2 Å². The van der Waals surface area contributed by atoms with Gasteiger partial charge in [0, 0.05) is 44.9 Å². The van der Waals surface area contributed by atoms with Gasteiger partial charge >= 0.3 is 0 Å². The molecule has 2 heterocycles. The number of piperidine rings is 1. The number of nitrogens with zero attached hydrogens (tertiary/aromatic N) is 3.